The van der Waals surface area contributed by atoms with E-state index in [0.29, 0.717) is 0 Å². The molecule has 3 nitrogen and oxygen atoms in total. The Morgan fingerprint density at radius 1 is 0.262 bits per heavy atom. The van der Waals surface area contributed by atoms with Crippen LogP contribution in [-0.2, 0) is 10.8 Å². The van der Waals surface area contributed by atoms with Gasteiger partial charge in [0.2, 0.25) is 6.71 Å². The predicted molar refractivity (Wildman–Crippen MR) is 532 cm³/mol. The third kappa shape index (κ3) is 9.50. The van der Waals surface area contributed by atoms with Crippen LogP contribution in [0.2, 0.25) is 0 Å². The third-order valence-corrected chi connectivity index (χ3v) is 28.2. The SMILES string of the molecule is Bc1c(B)c(B)c(C2c3cc(C(C)(C)C)cc4c3B(c3cc5c(cc3N4c3c(B)c(B)c(B)c(B)c3B)N(c3ccc4c6ccccc6c6ccccc6c4c3)c3cc(C(C)(C)C)cc4c3B5c3c(B)c(B)c(B)c(B)c3N4c3c(B)c(B)c(B)c(B)c3B)c3c(B)c(B)c(B)c(B)c32)c(B)c1B. The highest BCUT2D eigenvalue weighted by atomic mass is 15.2. The highest BCUT2D eigenvalue weighted by molar-refractivity contribution is 7.05. The van der Waals surface area contributed by atoms with Crippen LogP contribution >= 0.6 is 0 Å². The van der Waals surface area contributed by atoms with E-state index >= 15 is 0 Å². The van der Waals surface area contributed by atoms with Crippen molar-refractivity contribution in [3.8, 4) is 0 Å². The van der Waals surface area contributed by atoms with E-state index in [4.69, 9.17) is 0 Å². The number of rotatable bonds is 4. The molecule has 12 aromatic carbocycles. The van der Waals surface area contributed by atoms with E-state index in [1.807, 2.05) is 0 Å². The van der Waals surface area contributed by atoms with Crippen molar-refractivity contribution in [3.05, 3.63) is 131 Å². The number of hydrogen-bond donors (Lipinski definition) is 0. The zero-order valence-electron chi connectivity index (χ0n) is 67.4. The van der Waals surface area contributed by atoms with Gasteiger partial charge in [-0.3, -0.25) is 0 Å². The number of benzene rings is 12. The first-order valence-corrected chi connectivity index (χ1v) is 38.2. The molecule has 1 unspecified atom stereocenters. The van der Waals surface area contributed by atoms with Gasteiger partial charge in [0.25, 0.3) is 6.71 Å². The minimum Gasteiger partial charge on any atom is -0.313 e. The molecule has 4 aliphatic heterocycles. The summed E-state index contributed by atoms with van der Waals surface area (Å²) in [6.45, 7) is 14.4. The van der Waals surface area contributed by atoms with Crippen LogP contribution < -0.4 is 173 Å². The summed E-state index contributed by atoms with van der Waals surface area (Å²) in [4.78, 5) is 8.43. The Bertz CT molecular complexity index is 5840. The van der Waals surface area contributed by atoms with Crippen LogP contribution in [0.1, 0.15) is 75.3 Å². The molecule has 0 N–H and O–H groups in total. The standard InChI is InChI=1S/C75H82B25N3/c1-74(2,3)24-17-33-41(42-44(76)47(79)50(82)48(80)45(42)77)43-46(78)49(81)53(85)60(92)69(43)99-35-22-34-36(23-37(35)102(38(18-24)67(33)99)71-62(94)55(87)51(83)56(88)63(71)95)101(26-15-16-31-29-13-8-7-11-27(29)28-12-9-10-14-30(28)32(31)21-26)39-19-25(75(4,5)6)20-40-68(39)100(34)70-61(93)54(86)59(91)66(98)73(70)103(40)72-64(96)57(89)52(84)58(90)65(72)97/h7-23,41H,76-98H2,1-6H3. The zero-order chi connectivity index (χ0) is 73.8. The van der Waals surface area contributed by atoms with Gasteiger partial charge in [-0.15, -0.1) is 43.7 Å². The van der Waals surface area contributed by atoms with Crippen LogP contribution in [0.15, 0.2) is 103 Å². The Balaban J connectivity index is 1.15. The lowest BCUT2D eigenvalue weighted by atomic mass is 9.26. The van der Waals surface area contributed by atoms with Gasteiger partial charge in [0.15, 0.2) is 0 Å². The summed E-state index contributed by atoms with van der Waals surface area (Å²) in [5.74, 6) is -0.0138. The van der Waals surface area contributed by atoms with Crippen LogP contribution in [0.5, 0.6) is 0 Å². The molecule has 0 aromatic heterocycles. The van der Waals surface area contributed by atoms with Crippen molar-refractivity contribution in [1.29, 1.82) is 0 Å². The molecule has 103 heavy (non-hydrogen) atoms. The highest BCUT2D eigenvalue weighted by Crippen LogP contribution is 2.50. The third-order valence-electron chi connectivity index (χ3n) is 28.2. The molecular formula is C75H82B25N3. The van der Waals surface area contributed by atoms with Crippen LogP contribution in [-0.4, -0.2) is 194 Å². The summed E-state index contributed by atoms with van der Waals surface area (Å²) in [5.41, 5.74) is 58.3. The van der Waals surface area contributed by atoms with Gasteiger partial charge in [0.1, 0.15) is 180 Å². The van der Waals surface area contributed by atoms with Crippen LogP contribution in [0.3, 0.4) is 0 Å². The Kier molecular flexibility index (Phi) is 16.1. The molecule has 4 heterocycles. The van der Waals surface area contributed by atoms with Gasteiger partial charge in [-0.25, -0.2) is 0 Å². The molecule has 0 aliphatic carbocycles. The van der Waals surface area contributed by atoms with E-state index in [9.17, 15) is 0 Å². The average molecular weight is 1300 g/mol. The van der Waals surface area contributed by atoms with Gasteiger partial charge in [0.05, 0.1) is 0 Å². The fourth-order valence-corrected chi connectivity index (χ4v) is 20.2. The van der Waals surface area contributed by atoms with E-state index < -0.39 is 0 Å². The van der Waals surface area contributed by atoms with Crippen molar-refractivity contribution >= 4 is 436 Å². The second-order valence-electron chi connectivity index (χ2n) is 34.6. The van der Waals surface area contributed by atoms with Crippen molar-refractivity contribution in [2.75, 3.05) is 14.7 Å². The minimum absolute atomic E-state index is 0.0138. The quantitative estimate of drug-likeness (QED) is 0.128. The molecule has 0 saturated carbocycles. The maximum absolute atomic E-state index is 2.85. The van der Waals surface area contributed by atoms with Crippen LogP contribution in [0.25, 0.3) is 32.3 Å². The van der Waals surface area contributed by atoms with Gasteiger partial charge in [0, 0.05) is 57.1 Å². The molecule has 472 valence electrons. The van der Waals surface area contributed by atoms with Crippen LogP contribution in [0.4, 0.5) is 51.2 Å². The molecule has 0 spiro atoms. The maximum atomic E-state index is 2.85. The lowest BCUT2D eigenvalue weighted by molar-refractivity contribution is 0.589. The van der Waals surface area contributed by atoms with E-state index in [0.717, 1.165) is 5.69 Å². The molecule has 0 saturated heterocycles. The summed E-state index contributed by atoms with van der Waals surface area (Å²) < 4.78 is 0. The monoisotopic (exact) mass is 1300 g/mol. The lowest BCUT2D eigenvalue weighted by Gasteiger charge is -2.50. The Labute approximate surface area is 635 Å². The van der Waals surface area contributed by atoms with E-state index in [1.54, 1.807) is 0 Å². The van der Waals surface area contributed by atoms with Crippen molar-refractivity contribution in [3.63, 3.8) is 0 Å². The van der Waals surface area contributed by atoms with Gasteiger partial charge in [-0.2, -0.15) is 0 Å². The first kappa shape index (κ1) is 69.8. The molecule has 4 aliphatic rings. The van der Waals surface area contributed by atoms with E-state index in [2.05, 4.69) is 340 Å². The molecule has 1 atom stereocenters. The zero-order valence-corrected chi connectivity index (χ0v) is 67.4. The van der Waals surface area contributed by atoms with Gasteiger partial charge in [-0.05, 0) is 129 Å². The Hall–Kier alpha value is -7.56. The highest BCUT2D eigenvalue weighted by Gasteiger charge is 2.52. The number of nitrogens with zero attached hydrogens (tertiary/aromatic N) is 3. The average Bonchev–Trinajstić information content (AvgIpc) is 0.674. The number of hydrogen-bond acceptors (Lipinski definition) is 3. The van der Waals surface area contributed by atoms with Gasteiger partial charge >= 0.3 is 0 Å². The molecule has 0 amide bonds. The summed E-state index contributed by atoms with van der Waals surface area (Å²) >= 11 is 0. The second-order valence-corrected chi connectivity index (χ2v) is 34.6. The Morgan fingerprint density at radius 2 is 0.602 bits per heavy atom. The van der Waals surface area contributed by atoms with Crippen molar-refractivity contribution in [2.45, 2.75) is 58.3 Å². The molecular weight excluding hydrogens is 1210 g/mol. The second kappa shape index (κ2) is 23.7. The van der Waals surface area contributed by atoms with Gasteiger partial charge < -0.3 is 14.7 Å². The molecule has 0 radical (unpaired) electrons. The largest absolute Gasteiger partial charge is 0.313 e. The van der Waals surface area contributed by atoms with Crippen molar-refractivity contribution in [2.24, 2.45) is 0 Å². The molecule has 12 aromatic rings. The summed E-state index contributed by atoms with van der Waals surface area (Å²) in [7, 11) is 55.4. The van der Waals surface area contributed by atoms with E-state index in [1.165, 1.54) is 264 Å². The predicted octanol–water partition coefficient (Wildman–Crippen LogP) is -24.4. The number of fused-ring (bicyclic) bond motifs is 14. The van der Waals surface area contributed by atoms with Gasteiger partial charge in [-0.1, -0.05) is 201 Å². The fourth-order valence-electron chi connectivity index (χ4n) is 20.2. The normalized spacial score (nSPS) is 14.2. The summed E-state index contributed by atoms with van der Waals surface area (Å²) in [6, 6.07) is 42.0. The van der Waals surface area contributed by atoms with Crippen LogP contribution in [0, 0.1) is 0 Å². The molecule has 28 heteroatoms. The smallest absolute Gasteiger partial charge is 0.251 e. The van der Waals surface area contributed by atoms with Crippen molar-refractivity contribution < 1.29 is 0 Å². The first-order chi connectivity index (χ1) is 48.5. The Morgan fingerprint density at radius 3 is 1.07 bits per heavy atom. The van der Waals surface area contributed by atoms with Crippen molar-refractivity contribution in [1.82, 2.24) is 0 Å². The van der Waals surface area contributed by atoms with E-state index in [-0.39, 0.29) is 30.2 Å². The molecule has 0 bridgehead atoms. The topological polar surface area (TPSA) is 9.72 Å². The first-order valence-electron chi connectivity index (χ1n) is 38.2. The lowest BCUT2D eigenvalue weighted by Crippen LogP contribution is -2.73. The molecule has 0 fully saturated rings. The number of anilines is 9. The minimum atomic E-state index is -0.227. The molecule has 16 rings (SSSR count). The maximum Gasteiger partial charge on any atom is 0.251 e. The summed E-state index contributed by atoms with van der Waals surface area (Å²) in [5, 5.41) is 7.66. The fraction of sp³-hybridized carbons (Fsp3) is 0.120. The summed E-state index contributed by atoms with van der Waals surface area (Å²) in [6.07, 6.45) is 0.